The van der Waals surface area contributed by atoms with Crippen LogP contribution in [0, 0.1) is 0 Å². The highest BCUT2D eigenvalue weighted by atomic mass is 16.5. The number of rotatable bonds is 10. The lowest BCUT2D eigenvalue weighted by Crippen LogP contribution is -2.41. The summed E-state index contributed by atoms with van der Waals surface area (Å²) in [5.41, 5.74) is 6.16. The molecule has 1 atom stereocenters. The Hall–Kier alpha value is -2.57. The maximum absolute atomic E-state index is 11.7. The number of nitrogens with two attached hydrogens (primary N) is 1. The van der Waals surface area contributed by atoms with E-state index in [9.17, 15) is 14.4 Å². The number of aliphatic carboxylic acids is 1. The summed E-state index contributed by atoms with van der Waals surface area (Å²) in [7, 11) is 0. The van der Waals surface area contributed by atoms with Gasteiger partial charge in [0.15, 0.2) is 0 Å². The second-order valence-electron chi connectivity index (χ2n) is 5.06. The molecule has 0 bridgehead atoms. The summed E-state index contributed by atoms with van der Waals surface area (Å²) in [5, 5.41) is 11.3. The van der Waals surface area contributed by atoms with Gasteiger partial charge >= 0.3 is 5.97 Å². The van der Waals surface area contributed by atoms with Crippen molar-refractivity contribution >= 4 is 17.8 Å². The van der Waals surface area contributed by atoms with E-state index in [2.05, 4.69) is 12.2 Å². The molecule has 4 N–H and O–H groups in total. The van der Waals surface area contributed by atoms with Crippen LogP contribution in [0.15, 0.2) is 24.3 Å². The van der Waals surface area contributed by atoms with Crippen LogP contribution in [0.25, 0.3) is 0 Å². The van der Waals surface area contributed by atoms with Gasteiger partial charge in [-0.25, -0.2) is 4.79 Å². The molecule has 126 valence electrons. The fourth-order valence-corrected chi connectivity index (χ4v) is 1.89. The number of carbonyl (C=O) groups is 3. The van der Waals surface area contributed by atoms with Crippen LogP contribution in [0.2, 0.25) is 0 Å². The van der Waals surface area contributed by atoms with Gasteiger partial charge in [0.05, 0.1) is 13.0 Å². The van der Waals surface area contributed by atoms with Gasteiger partial charge in [-0.15, -0.1) is 0 Å². The second kappa shape index (κ2) is 9.45. The van der Waals surface area contributed by atoms with Gasteiger partial charge in [0.1, 0.15) is 11.8 Å². The van der Waals surface area contributed by atoms with Gasteiger partial charge in [-0.2, -0.15) is 0 Å². The van der Waals surface area contributed by atoms with Crippen molar-refractivity contribution in [2.45, 2.75) is 38.6 Å². The van der Waals surface area contributed by atoms with E-state index in [1.165, 1.54) is 5.56 Å². The molecule has 7 heteroatoms. The van der Waals surface area contributed by atoms with Gasteiger partial charge in [-0.05, 0) is 30.5 Å². The fraction of sp³-hybridized carbons (Fsp3) is 0.438. The smallest absolute Gasteiger partial charge is 0.326 e. The molecule has 2 amide bonds. The summed E-state index contributed by atoms with van der Waals surface area (Å²) < 4.78 is 5.43. The molecule has 1 aromatic rings. The van der Waals surface area contributed by atoms with Crippen LogP contribution in [0.1, 0.15) is 31.7 Å². The van der Waals surface area contributed by atoms with Crippen molar-refractivity contribution in [1.82, 2.24) is 5.32 Å². The monoisotopic (exact) mass is 322 g/mol. The van der Waals surface area contributed by atoms with E-state index < -0.39 is 23.8 Å². The first-order valence-electron chi connectivity index (χ1n) is 7.44. The normalized spacial score (nSPS) is 11.5. The molecule has 0 saturated carbocycles. The molecule has 7 nitrogen and oxygen atoms in total. The standard InChI is InChI=1S/C16H22N2O5/c1-2-11-3-5-12(6-4-11)23-10-9-15(20)18-13(16(21)22)7-8-14(17)19/h3-6,13H,2,7-10H2,1H3,(H2,17,19)(H,18,20)(H,21,22). The third-order valence-electron chi connectivity index (χ3n) is 3.24. The van der Waals surface area contributed by atoms with E-state index in [1.807, 2.05) is 24.3 Å². The zero-order valence-corrected chi connectivity index (χ0v) is 13.1. The van der Waals surface area contributed by atoms with Crippen molar-refractivity contribution in [2.24, 2.45) is 5.73 Å². The van der Waals surface area contributed by atoms with Gasteiger partial charge in [-0.3, -0.25) is 9.59 Å². The minimum Gasteiger partial charge on any atom is -0.493 e. The van der Waals surface area contributed by atoms with Crippen LogP contribution in [-0.4, -0.2) is 35.5 Å². The zero-order chi connectivity index (χ0) is 17.2. The maximum Gasteiger partial charge on any atom is 0.326 e. The number of ether oxygens (including phenoxy) is 1. The molecule has 1 unspecified atom stereocenters. The SMILES string of the molecule is CCc1ccc(OCCC(=O)NC(CCC(N)=O)C(=O)O)cc1. The molecule has 0 aromatic heterocycles. The Bertz CT molecular complexity index is 542. The third-order valence-corrected chi connectivity index (χ3v) is 3.24. The van der Waals surface area contributed by atoms with E-state index in [4.69, 9.17) is 15.6 Å². The summed E-state index contributed by atoms with van der Waals surface area (Å²) in [5.74, 6) is -1.61. The first kappa shape index (κ1) is 18.5. The Morgan fingerprint density at radius 2 is 1.87 bits per heavy atom. The molecular weight excluding hydrogens is 300 g/mol. The number of primary amides is 1. The van der Waals surface area contributed by atoms with Gasteiger partial charge in [0.25, 0.3) is 0 Å². The van der Waals surface area contributed by atoms with Crippen molar-refractivity contribution in [3.63, 3.8) is 0 Å². The summed E-state index contributed by atoms with van der Waals surface area (Å²) in [6.45, 7) is 2.19. The van der Waals surface area contributed by atoms with E-state index in [-0.39, 0.29) is 25.9 Å². The van der Waals surface area contributed by atoms with Gasteiger partial charge in [-0.1, -0.05) is 19.1 Å². The van der Waals surface area contributed by atoms with Crippen molar-refractivity contribution in [3.05, 3.63) is 29.8 Å². The largest absolute Gasteiger partial charge is 0.493 e. The Morgan fingerprint density at radius 3 is 2.39 bits per heavy atom. The molecule has 23 heavy (non-hydrogen) atoms. The minimum absolute atomic E-state index is 0.0237. The fourth-order valence-electron chi connectivity index (χ4n) is 1.89. The lowest BCUT2D eigenvalue weighted by atomic mass is 10.1. The molecular formula is C16H22N2O5. The van der Waals surface area contributed by atoms with E-state index in [0.717, 1.165) is 6.42 Å². The van der Waals surface area contributed by atoms with Crippen LogP contribution >= 0.6 is 0 Å². The first-order valence-corrected chi connectivity index (χ1v) is 7.44. The highest BCUT2D eigenvalue weighted by Gasteiger charge is 2.20. The van der Waals surface area contributed by atoms with Crippen LogP contribution in [0.5, 0.6) is 5.75 Å². The van der Waals surface area contributed by atoms with E-state index in [1.54, 1.807) is 0 Å². The predicted molar refractivity (Wildman–Crippen MR) is 83.9 cm³/mol. The lowest BCUT2D eigenvalue weighted by Gasteiger charge is -2.14. The number of nitrogens with one attached hydrogen (secondary N) is 1. The highest BCUT2D eigenvalue weighted by molar-refractivity contribution is 5.84. The molecule has 1 aromatic carbocycles. The summed E-state index contributed by atoms with van der Waals surface area (Å²) in [6, 6.07) is 6.41. The molecule has 0 aliphatic carbocycles. The number of carbonyl (C=O) groups excluding carboxylic acids is 2. The summed E-state index contributed by atoms with van der Waals surface area (Å²) >= 11 is 0. The average molecular weight is 322 g/mol. The van der Waals surface area contributed by atoms with Crippen molar-refractivity contribution in [2.75, 3.05) is 6.61 Å². The molecule has 0 aliphatic heterocycles. The second-order valence-corrected chi connectivity index (χ2v) is 5.06. The zero-order valence-electron chi connectivity index (χ0n) is 13.1. The van der Waals surface area contributed by atoms with Crippen molar-refractivity contribution < 1.29 is 24.2 Å². The van der Waals surface area contributed by atoms with Crippen LogP contribution < -0.4 is 15.8 Å². The van der Waals surface area contributed by atoms with Gasteiger partial charge in [0, 0.05) is 6.42 Å². The predicted octanol–water partition coefficient (Wildman–Crippen LogP) is 0.853. The van der Waals surface area contributed by atoms with Crippen LogP contribution in [0.4, 0.5) is 0 Å². The summed E-state index contributed by atoms with van der Waals surface area (Å²) in [6.07, 6.45) is 0.827. The van der Waals surface area contributed by atoms with Crippen molar-refractivity contribution in [1.29, 1.82) is 0 Å². The lowest BCUT2D eigenvalue weighted by molar-refractivity contribution is -0.142. The van der Waals surface area contributed by atoms with Crippen LogP contribution in [0.3, 0.4) is 0 Å². The van der Waals surface area contributed by atoms with Crippen molar-refractivity contribution in [3.8, 4) is 5.75 Å². The maximum atomic E-state index is 11.7. The average Bonchev–Trinajstić information content (AvgIpc) is 2.51. The number of carboxylic acid groups (broad SMARTS) is 1. The molecule has 0 spiro atoms. The third kappa shape index (κ3) is 7.30. The minimum atomic E-state index is -1.20. The van der Waals surface area contributed by atoms with Gasteiger partial charge in [0.2, 0.25) is 11.8 Å². The number of amides is 2. The molecule has 0 fully saturated rings. The highest BCUT2D eigenvalue weighted by Crippen LogP contribution is 2.12. The topological polar surface area (TPSA) is 119 Å². The molecule has 0 saturated heterocycles. The van der Waals surface area contributed by atoms with E-state index in [0.29, 0.717) is 5.75 Å². The van der Waals surface area contributed by atoms with E-state index >= 15 is 0 Å². The number of hydrogen-bond donors (Lipinski definition) is 3. The Kier molecular flexibility index (Phi) is 7.59. The Labute approximate surface area is 134 Å². The van der Waals surface area contributed by atoms with Gasteiger partial charge < -0.3 is 20.9 Å². The molecule has 1 rings (SSSR count). The van der Waals surface area contributed by atoms with Crippen LogP contribution in [-0.2, 0) is 20.8 Å². The summed E-state index contributed by atoms with van der Waals surface area (Å²) in [4.78, 5) is 33.4. The number of benzene rings is 1. The first-order chi connectivity index (χ1) is 10.9. The molecule has 0 radical (unpaired) electrons. The Balaban J connectivity index is 2.36. The number of carboxylic acids is 1. The molecule has 0 aliphatic rings. The number of hydrogen-bond acceptors (Lipinski definition) is 4. The Morgan fingerprint density at radius 1 is 1.22 bits per heavy atom. The molecule has 0 heterocycles. The quantitative estimate of drug-likeness (QED) is 0.590. The number of aryl methyl sites for hydroxylation is 1.